The number of nitrogens with two attached hydrogens (primary N) is 1. The standard InChI is InChI=1S/C12H19N3O/c1-11(2)6-8(11)9-14-10(16-15-9)12(7-13)4-3-5-12/h8H,3-7,13H2,1-2H3. The summed E-state index contributed by atoms with van der Waals surface area (Å²) in [6.45, 7) is 5.12. The van der Waals surface area contributed by atoms with E-state index >= 15 is 0 Å². The molecule has 0 aliphatic heterocycles. The zero-order chi connectivity index (χ0) is 11.4. The van der Waals surface area contributed by atoms with Crippen molar-refractivity contribution in [2.45, 2.75) is 50.9 Å². The molecule has 2 N–H and O–H groups in total. The Morgan fingerprint density at radius 3 is 2.56 bits per heavy atom. The molecule has 0 amide bonds. The first-order valence-corrected chi connectivity index (χ1v) is 6.12. The van der Waals surface area contributed by atoms with Crippen molar-refractivity contribution in [1.82, 2.24) is 10.1 Å². The molecule has 1 aromatic heterocycles. The minimum Gasteiger partial charge on any atom is -0.339 e. The Morgan fingerprint density at radius 1 is 1.44 bits per heavy atom. The van der Waals surface area contributed by atoms with Crippen molar-refractivity contribution >= 4 is 0 Å². The zero-order valence-corrected chi connectivity index (χ0v) is 9.99. The van der Waals surface area contributed by atoms with Crippen molar-refractivity contribution in [2.75, 3.05) is 6.54 Å². The third-order valence-corrected chi connectivity index (χ3v) is 4.42. The van der Waals surface area contributed by atoms with Gasteiger partial charge in [0, 0.05) is 12.5 Å². The molecule has 1 atom stereocenters. The topological polar surface area (TPSA) is 64.9 Å². The highest BCUT2D eigenvalue weighted by Crippen LogP contribution is 2.58. The number of nitrogens with zero attached hydrogens (tertiary/aromatic N) is 2. The summed E-state index contributed by atoms with van der Waals surface area (Å²) in [7, 11) is 0. The summed E-state index contributed by atoms with van der Waals surface area (Å²) >= 11 is 0. The van der Waals surface area contributed by atoms with Crippen LogP contribution in [0.5, 0.6) is 0 Å². The number of rotatable bonds is 3. The lowest BCUT2D eigenvalue weighted by Crippen LogP contribution is -2.41. The molecule has 2 saturated carbocycles. The van der Waals surface area contributed by atoms with Gasteiger partial charge in [0.2, 0.25) is 5.89 Å². The normalized spacial score (nSPS) is 29.8. The first-order chi connectivity index (χ1) is 7.57. The van der Waals surface area contributed by atoms with Gasteiger partial charge < -0.3 is 10.3 Å². The Labute approximate surface area is 95.6 Å². The number of hydrogen-bond donors (Lipinski definition) is 1. The fraction of sp³-hybridized carbons (Fsp3) is 0.833. The number of hydrogen-bond acceptors (Lipinski definition) is 4. The summed E-state index contributed by atoms with van der Waals surface area (Å²) in [6.07, 6.45) is 4.59. The zero-order valence-electron chi connectivity index (χ0n) is 9.99. The van der Waals surface area contributed by atoms with Gasteiger partial charge in [0.25, 0.3) is 0 Å². The van der Waals surface area contributed by atoms with Crippen LogP contribution in [0.1, 0.15) is 57.2 Å². The van der Waals surface area contributed by atoms with Crippen molar-refractivity contribution < 1.29 is 4.52 Å². The summed E-state index contributed by atoms with van der Waals surface area (Å²) in [6, 6.07) is 0. The van der Waals surface area contributed by atoms with Gasteiger partial charge >= 0.3 is 0 Å². The monoisotopic (exact) mass is 221 g/mol. The van der Waals surface area contributed by atoms with Crippen LogP contribution in [-0.2, 0) is 5.41 Å². The molecule has 0 spiro atoms. The van der Waals surface area contributed by atoms with Gasteiger partial charge in [-0.05, 0) is 24.7 Å². The Balaban J connectivity index is 1.83. The second-order valence-corrected chi connectivity index (χ2v) is 6.04. The predicted molar refractivity (Wildman–Crippen MR) is 60.0 cm³/mol. The summed E-state index contributed by atoms with van der Waals surface area (Å²) in [5.74, 6) is 2.15. The van der Waals surface area contributed by atoms with E-state index in [0.29, 0.717) is 17.9 Å². The second-order valence-electron chi connectivity index (χ2n) is 6.04. The third kappa shape index (κ3) is 1.32. The van der Waals surface area contributed by atoms with Crippen LogP contribution in [0, 0.1) is 5.41 Å². The minimum atomic E-state index is 0.00425. The van der Waals surface area contributed by atoms with E-state index in [4.69, 9.17) is 10.3 Å². The predicted octanol–water partition coefficient (Wildman–Crippen LogP) is 1.96. The maximum Gasteiger partial charge on any atom is 0.234 e. The van der Waals surface area contributed by atoms with Crippen molar-refractivity contribution in [3.8, 4) is 0 Å². The van der Waals surface area contributed by atoms with Crippen molar-refractivity contribution in [3.63, 3.8) is 0 Å². The van der Waals surface area contributed by atoms with E-state index < -0.39 is 0 Å². The third-order valence-electron chi connectivity index (χ3n) is 4.42. The molecule has 0 aromatic carbocycles. The van der Waals surface area contributed by atoms with Crippen LogP contribution in [0.2, 0.25) is 0 Å². The molecular formula is C12H19N3O. The molecule has 2 aliphatic carbocycles. The average Bonchev–Trinajstić information content (AvgIpc) is 2.62. The van der Waals surface area contributed by atoms with E-state index in [9.17, 15) is 0 Å². The molecule has 16 heavy (non-hydrogen) atoms. The van der Waals surface area contributed by atoms with Crippen LogP contribution in [-0.4, -0.2) is 16.7 Å². The molecule has 2 aliphatic rings. The van der Waals surface area contributed by atoms with Crippen LogP contribution in [0.15, 0.2) is 4.52 Å². The lowest BCUT2D eigenvalue weighted by Gasteiger charge is -2.36. The highest BCUT2D eigenvalue weighted by Gasteiger charge is 2.51. The van der Waals surface area contributed by atoms with Gasteiger partial charge in [-0.3, -0.25) is 0 Å². The summed E-state index contributed by atoms with van der Waals surface area (Å²) in [4.78, 5) is 4.58. The molecule has 1 unspecified atom stereocenters. The van der Waals surface area contributed by atoms with Crippen LogP contribution in [0.3, 0.4) is 0 Å². The van der Waals surface area contributed by atoms with Gasteiger partial charge in [-0.1, -0.05) is 25.4 Å². The molecule has 0 radical (unpaired) electrons. The largest absolute Gasteiger partial charge is 0.339 e. The van der Waals surface area contributed by atoms with Crippen molar-refractivity contribution in [1.29, 1.82) is 0 Å². The Kier molecular flexibility index (Phi) is 1.97. The van der Waals surface area contributed by atoms with Gasteiger partial charge in [-0.15, -0.1) is 0 Å². The van der Waals surface area contributed by atoms with E-state index in [2.05, 4.69) is 24.0 Å². The molecule has 1 heterocycles. The molecule has 1 aromatic rings. The SMILES string of the molecule is CC1(C)CC1c1noc(C2(CN)CCC2)n1. The lowest BCUT2D eigenvalue weighted by molar-refractivity contribution is 0.181. The smallest absolute Gasteiger partial charge is 0.234 e. The quantitative estimate of drug-likeness (QED) is 0.847. The molecule has 4 nitrogen and oxygen atoms in total. The fourth-order valence-electron chi connectivity index (χ4n) is 2.61. The highest BCUT2D eigenvalue weighted by atomic mass is 16.5. The molecule has 88 valence electrons. The molecule has 0 bridgehead atoms. The first-order valence-electron chi connectivity index (χ1n) is 6.12. The molecular weight excluding hydrogens is 202 g/mol. The van der Waals surface area contributed by atoms with E-state index in [1.165, 1.54) is 12.8 Å². The maximum absolute atomic E-state index is 5.83. The van der Waals surface area contributed by atoms with E-state index in [1.54, 1.807) is 0 Å². The second kappa shape index (κ2) is 3.06. The van der Waals surface area contributed by atoms with Crippen LogP contribution >= 0.6 is 0 Å². The molecule has 3 rings (SSSR count). The van der Waals surface area contributed by atoms with Crippen LogP contribution in [0.25, 0.3) is 0 Å². The van der Waals surface area contributed by atoms with Gasteiger partial charge in [0.05, 0.1) is 5.41 Å². The van der Waals surface area contributed by atoms with Crippen LogP contribution < -0.4 is 5.73 Å². The highest BCUT2D eigenvalue weighted by molar-refractivity contribution is 5.18. The van der Waals surface area contributed by atoms with Gasteiger partial charge in [0.1, 0.15) is 0 Å². The fourth-order valence-corrected chi connectivity index (χ4v) is 2.61. The Hall–Kier alpha value is -0.900. The maximum atomic E-state index is 5.83. The Bertz CT molecular complexity index is 401. The van der Waals surface area contributed by atoms with E-state index in [-0.39, 0.29) is 5.41 Å². The number of aromatic nitrogens is 2. The summed E-state index contributed by atoms with van der Waals surface area (Å²) < 4.78 is 5.42. The van der Waals surface area contributed by atoms with Gasteiger partial charge in [-0.25, -0.2) is 0 Å². The average molecular weight is 221 g/mol. The van der Waals surface area contributed by atoms with Crippen LogP contribution in [0.4, 0.5) is 0 Å². The molecule has 0 saturated heterocycles. The summed E-state index contributed by atoms with van der Waals surface area (Å²) in [5, 5.41) is 4.13. The van der Waals surface area contributed by atoms with E-state index in [1.807, 2.05) is 0 Å². The van der Waals surface area contributed by atoms with Gasteiger partial charge in [0.15, 0.2) is 5.82 Å². The summed E-state index contributed by atoms with van der Waals surface area (Å²) in [5.41, 5.74) is 6.19. The minimum absolute atomic E-state index is 0.00425. The van der Waals surface area contributed by atoms with E-state index in [0.717, 1.165) is 24.6 Å². The Morgan fingerprint density at radius 2 is 2.12 bits per heavy atom. The van der Waals surface area contributed by atoms with Crippen molar-refractivity contribution in [3.05, 3.63) is 11.7 Å². The van der Waals surface area contributed by atoms with Crippen molar-refractivity contribution in [2.24, 2.45) is 11.1 Å². The lowest BCUT2D eigenvalue weighted by atomic mass is 9.69. The first kappa shape index (κ1) is 10.3. The van der Waals surface area contributed by atoms with Gasteiger partial charge in [-0.2, -0.15) is 4.98 Å². The molecule has 4 heteroatoms. The molecule has 2 fully saturated rings.